The van der Waals surface area contributed by atoms with Crippen LogP contribution in [0.25, 0.3) is 0 Å². The van der Waals surface area contributed by atoms with E-state index in [-0.39, 0.29) is 0 Å². The Hall–Kier alpha value is -1.13. The van der Waals surface area contributed by atoms with Gasteiger partial charge in [0.05, 0.1) is 25.2 Å². The average molecular weight is 237 g/mol. The van der Waals surface area contributed by atoms with Crippen molar-refractivity contribution in [1.82, 2.24) is 14.9 Å². The molecule has 0 fully saturated rings. The first-order chi connectivity index (χ1) is 8.25. The van der Waals surface area contributed by atoms with Crippen LogP contribution < -0.4 is 5.32 Å². The van der Waals surface area contributed by atoms with E-state index in [1.165, 1.54) is 5.69 Å². The molecular weight excluding hydrogens is 214 g/mol. The van der Waals surface area contributed by atoms with Crippen molar-refractivity contribution in [2.75, 3.05) is 19.8 Å². The molecule has 1 aromatic rings. The second-order valence-electron chi connectivity index (χ2n) is 4.25. The maximum Gasteiger partial charge on any atom is 0.0951 e. The molecule has 0 saturated carbocycles. The normalized spacial score (nSPS) is 11.0. The lowest BCUT2D eigenvalue weighted by atomic mass is 10.3. The lowest BCUT2D eigenvalue weighted by molar-refractivity contribution is 0.140. The van der Waals surface area contributed by atoms with Gasteiger partial charge in [0.15, 0.2) is 0 Å². The molecule has 1 N–H and O–H groups in total. The number of aromatic nitrogens is 2. The van der Waals surface area contributed by atoms with Crippen molar-refractivity contribution in [3.05, 3.63) is 30.9 Å². The molecule has 0 atom stereocenters. The lowest BCUT2D eigenvalue weighted by Crippen LogP contribution is -2.21. The molecule has 1 rings (SSSR count). The van der Waals surface area contributed by atoms with Gasteiger partial charge in [-0.3, -0.25) is 0 Å². The number of hydrogen-bond donors (Lipinski definition) is 1. The Morgan fingerprint density at radius 2 is 2.35 bits per heavy atom. The fourth-order valence-electron chi connectivity index (χ4n) is 1.56. The summed E-state index contributed by atoms with van der Waals surface area (Å²) in [7, 11) is 0. The van der Waals surface area contributed by atoms with E-state index < -0.39 is 0 Å². The number of nitrogens with zero attached hydrogens (tertiary/aromatic N) is 2. The average Bonchev–Trinajstić information content (AvgIpc) is 2.76. The Labute approximate surface area is 104 Å². The van der Waals surface area contributed by atoms with E-state index >= 15 is 0 Å². The molecule has 4 nitrogen and oxygen atoms in total. The van der Waals surface area contributed by atoms with Crippen molar-refractivity contribution in [2.24, 2.45) is 0 Å². The highest BCUT2D eigenvalue weighted by Gasteiger charge is 2.03. The minimum Gasteiger partial charge on any atom is -0.380 e. The van der Waals surface area contributed by atoms with Crippen LogP contribution >= 0.6 is 0 Å². The van der Waals surface area contributed by atoms with Crippen molar-refractivity contribution < 1.29 is 4.74 Å². The maximum absolute atomic E-state index is 5.41. The zero-order valence-electron chi connectivity index (χ0n) is 10.9. The molecule has 0 aliphatic carbocycles. The molecule has 0 aromatic carbocycles. The molecule has 4 heteroatoms. The number of rotatable bonds is 9. The van der Waals surface area contributed by atoms with Crippen LogP contribution in [-0.2, 0) is 11.3 Å². The summed E-state index contributed by atoms with van der Waals surface area (Å²) in [5.41, 5.74) is 1.21. The third-order valence-corrected chi connectivity index (χ3v) is 2.50. The van der Waals surface area contributed by atoms with Crippen LogP contribution in [0.2, 0.25) is 0 Å². The molecule has 96 valence electrons. The van der Waals surface area contributed by atoms with E-state index in [1.54, 1.807) is 0 Å². The number of ether oxygens (including phenoxy) is 1. The van der Waals surface area contributed by atoms with Gasteiger partial charge in [-0.25, -0.2) is 4.98 Å². The second kappa shape index (κ2) is 8.03. The first-order valence-corrected chi connectivity index (χ1v) is 6.15. The number of imidazole rings is 1. The van der Waals surface area contributed by atoms with Crippen LogP contribution in [0, 0.1) is 0 Å². The summed E-state index contributed by atoms with van der Waals surface area (Å²) >= 11 is 0. The summed E-state index contributed by atoms with van der Waals surface area (Å²) in [6, 6.07) is 0.457. The zero-order chi connectivity index (χ0) is 12.5. The van der Waals surface area contributed by atoms with Crippen LogP contribution in [0.3, 0.4) is 0 Å². The number of nitrogens with one attached hydrogen (secondary N) is 1. The lowest BCUT2D eigenvalue weighted by Gasteiger charge is -2.12. The maximum atomic E-state index is 5.41. The quantitative estimate of drug-likeness (QED) is 0.528. The Morgan fingerprint density at radius 3 is 3.06 bits per heavy atom. The summed E-state index contributed by atoms with van der Waals surface area (Å²) in [5.74, 6) is 0. The third-order valence-electron chi connectivity index (χ3n) is 2.50. The van der Waals surface area contributed by atoms with Crippen LogP contribution in [0.4, 0.5) is 0 Å². The predicted octanol–water partition coefficient (Wildman–Crippen LogP) is 2.15. The van der Waals surface area contributed by atoms with Gasteiger partial charge in [-0.1, -0.05) is 6.08 Å². The molecule has 1 heterocycles. The fourth-order valence-corrected chi connectivity index (χ4v) is 1.56. The molecule has 0 amide bonds. The van der Waals surface area contributed by atoms with Gasteiger partial charge in [0.1, 0.15) is 0 Å². The van der Waals surface area contributed by atoms with Crippen molar-refractivity contribution in [1.29, 1.82) is 0 Å². The standard InChI is InChI=1S/C13H23N3O/c1-4-5-7-17-8-6-14-9-13-10-15-11-16(13)12(2)3/h4,10-12,14H,1,5-9H2,2-3H3. The van der Waals surface area contributed by atoms with E-state index in [0.717, 1.165) is 32.7 Å². The summed E-state index contributed by atoms with van der Waals surface area (Å²) in [4.78, 5) is 4.16. The van der Waals surface area contributed by atoms with Gasteiger partial charge in [-0.2, -0.15) is 0 Å². The van der Waals surface area contributed by atoms with Gasteiger partial charge in [0.25, 0.3) is 0 Å². The van der Waals surface area contributed by atoms with Crippen LogP contribution in [0.5, 0.6) is 0 Å². The second-order valence-corrected chi connectivity index (χ2v) is 4.25. The van der Waals surface area contributed by atoms with E-state index in [2.05, 4.69) is 35.3 Å². The Morgan fingerprint density at radius 1 is 1.53 bits per heavy atom. The smallest absolute Gasteiger partial charge is 0.0951 e. The van der Waals surface area contributed by atoms with Crippen LogP contribution in [-0.4, -0.2) is 29.3 Å². The molecule has 0 aliphatic heterocycles. The van der Waals surface area contributed by atoms with E-state index in [4.69, 9.17) is 4.74 Å². The fraction of sp³-hybridized carbons (Fsp3) is 0.615. The molecule has 1 aromatic heterocycles. The predicted molar refractivity (Wildman–Crippen MR) is 70.0 cm³/mol. The van der Waals surface area contributed by atoms with Gasteiger partial charge >= 0.3 is 0 Å². The highest BCUT2D eigenvalue weighted by molar-refractivity contribution is 4.99. The van der Waals surface area contributed by atoms with Crippen LogP contribution in [0.1, 0.15) is 32.0 Å². The van der Waals surface area contributed by atoms with E-state index in [0.29, 0.717) is 6.04 Å². The summed E-state index contributed by atoms with van der Waals surface area (Å²) in [6.45, 7) is 11.2. The van der Waals surface area contributed by atoms with Gasteiger partial charge in [0, 0.05) is 25.3 Å². The Kier molecular flexibility index (Phi) is 6.58. The highest BCUT2D eigenvalue weighted by atomic mass is 16.5. The van der Waals surface area contributed by atoms with Crippen molar-refractivity contribution in [3.8, 4) is 0 Å². The molecule has 0 aliphatic rings. The topological polar surface area (TPSA) is 39.1 Å². The summed E-state index contributed by atoms with van der Waals surface area (Å²) in [6.07, 6.45) is 6.57. The SMILES string of the molecule is C=CCCOCCNCc1cncn1C(C)C. The van der Waals surface area contributed by atoms with Crippen LogP contribution in [0.15, 0.2) is 25.2 Å². The first-order valence-electron chi connectivity index (χ1n) is 6.15. The van der Waals surface area contributed by atoms with Gasteiger partial charge < -0.3 is 14.6 Å². The van der Waals surface area contributed by atoms with Gasteiger partial charge in [-0.15, -0.1) is 6.58 Å². The molecule has 0 spiro atoms. The van der Waals surface area contributed by atoms with Gasteiger partial charge in [0.2, 0.25) is 0 Å². The van der Waals surface area contributed by atoms with E-state index in [9.17, 15) is 0 Å². The highest BCUT2D eigenvalue weighted by Crippen LogP contribution is 2.07. The summed E-state index contributed by atoms with van der Waals surface area (Å²) in [5, 5.41) is 3.35. The van der Waals surface area contributed by atoms with Crippen molar-refractivity contribution in [2.45, 2.75) is 32.9 Å². The molecule has 0 bridgehead atoms. The molecule has 0 saturated heterocycles. The third kappa shape index (κ3) is 5.15. The minimum atomic E-state index is 0.457. The zero-order valence-corrected chi connectivity index (χ0v) is 10.9. The van der Waals surface area contributed by atoms with Gasteiger partial charge in [-0.05, 0) is 20.3 Å². The Bertz CT molecular complexity index is 320. The van der Waals surface area contributed by atoms with Crippen molar-refractivity contribution in [3.63, 3.8) is 0 Å². The minimum absolute atomic E-state index is 0.457. The van der Waals surface area contributed by atoms with E-state index in [1.807, 2.05) is 18.6 Å². The van der Waals surface area contributed by atoms with Crippen molar-refractivity contribution >= 4 is 0 Å². The first kappa shape index (κ1) is 13.9. The molecule has 17 heavy (non-hydrogen) atoms. The summed E-state index contributed by atoms with van der Waals surface area (Å²) < 4.78 is 7.59. The molecular formula is C13H23N3O. The number of hydrogen-bond acceptors (Lipinski definition) is 3. The molecule has 0 unspecified atom stereocenters. The molecule has 0 radical (unpaired) electrons. The monoisotopic (exact) mass is 237 g/mol. The largest absolute Gasteiger partial charge is 0.380 e. The Balaban J connectivity index is 2.13.